The molecule has 0 aliphatic heterocycles. The van der Waals surface area contributed by atoms with Crippen LogP contribution in [0, 0.1) is 0 Å². The average molecular weight is 280 g/mol. The Morgan fingerprint density at radius 3 is 2.89 bits per heavy atom. The lowest BCUT2D eigenvalue weighted by molar-refractivity contribution is -0.138. The lowest BCUT2D eigenvalue weighted by Gasteiger charge is -2.01. The molecule has 0 aromatic carbocycles. The molecule has 2 heterocycles. The van der Waals surface area contributed by atoms with Crippen molar-refractivity contribution in [1.29, 1.82) is 0 Å². The van der Waals surface area contributed by atoms with Crippen LogP contribution in [0.25, 0.3) is 0 Å². The quantitative estimate of drug-likeness (QED) is 0.820. The highest BCUT2D eigenvalue weighted by Crippen LogP contribution is 2.17. The normalized spacial score (nSPS) is 12.5. The van der Waals surface area contributed by atoms with Crippen molar-refractivity contribution in [3.05, 3.63) is 33.8 Å². The summed E-state index contributed by atoms with van der Waals surface area (Å²) in [6.07, 6.45) is 2.97. The van der Waals surface area contributed by atoms with Gasteiger partial charge in [-0.05, 0) is 18.6 Å². The molecule has 0 amide bonds. The Hall–Kier alpha value is -1.73. The Balaban J connectivity index is 1.99. The van der Waals surface area contributed by atoms with Crippen molar-refractivity contribution < 1.29 is 9.90 Å². The highest BCUT2D eigenvalue weighted by Gasteiger charge is 2.14. The smallest absolute Gasteiger partial charge is 0.320 e. The number of thiophene rings is 1. The minimum atomic E-state index is -1.03. The third kappa shape index (κ3) is 3.62. The number of aliphatic carboxylic acids is 1. The fourth-order valence-corrected chi connectivity index (χ4v) is 2.63. The first-order valence-electron chi connectivity index (χ1n) is 6.03. The van der Waals surface area contributed by atoms with Crippen LogP contribution >= 0.6 is 11.3 Å². The van der Waals surface area contributed by atoms with E-state index in [9.17, 15) is 4.79 Å². The number of nitrogens with zero attached hydrogens (tertiary/aromatic N) is 3. The van der Waals surface area contributed by atoms with Crippen LogP contribution in [-0.4, -0.2) is 32.1 Å². The van der Waals surface area contributed by atoms with Crippen LogP contribution in [0.4, 0.5) is 0 Å². The van der Waals surface area contributed by atoms with Gasteiger partial charge in [-0.1, -0.05) is 12.1 Å². The van der Waals surface area contributed by atoms with Crippen molar-refractivity contribution >= 4 is 17.3 Å². The van der Waals surface area contributed by atoms with Crippen LogP contribution < -0.4 is 5.73 Å². The van der Waals surface area contributed by atoms with Crippen molar-refractivity contribution in [2.24, 2.45) is 5.73 Å². The number of hydrogen-bond donors (Lipinski definition) is 2. The number of carboxylic acids is 1. The molecule has 0 bridgehead atoms. The molecule has 0 aliphatic rings. The molecule has 0 saturated heterocycles. The number of aryl methyl sites for hydroxylation is 1. The molecule has 7 heteroatoms. The second-order valence-electron chi connectivity index (χ2n) is 4.28. The van der Waals surface area contributed by atoms with Gasteiger partial charge in [0.2, 0.25) is 0 Å². The third-order valence-electron chi connectivity index (χ3n) is 2.72. The van der Waals surface area contributed by atoms with E-state index in [1.807, 2.05) is 0 Å². The van der Waals surface area contributed by atoms with Crippen LogP contribution in [0.15, 0.2) is 18.3 Å². The fraction of sp³-hybridized carbons (Fsp3) is 0.417. The van der Waals surface area contributed by atoms with Crippen LogP contribution in [0.3, 0.4) is 0 Å². The maximum absolute atomic E-state index is 10.7. The van der Waals surface area contributed by atoms with Crippen molar-refractivity contribution in [2.45, 2.75) is 32.4 Å². The average Bonchev–Trinajstić information content (AvgIpc) is 2.99. The van der Waals surface area contributed by atoms with Gasteiger partial charge in [0.15, 0.2) is 0 Å². The molecule has 2 aromatic heterocycles. The largest absolute Gasteiger partial charge is 0.480 e. The first-order valence-corrected chi connectivity index (χ1v) is 6.85. The van der Waals surface area contributed by atoms with Crippen LogP contribution in [0.2, 0.25) is 0 Å². The molecule has 0 radical (unpaired) electrons. The number of carboxylic acid groups (broad SMARTS) is 1. The standard InChI is InChI=1S/C12H16N4O2S/c1-2-9-3-4-10(19-9)7-16-6-8(14-15-16)5-11(13)12(17)18/h3-4,6,11H,2,5,7,13H2,1H3,(H,17,18). The predicted octanol–water partition coefficient (Wildman–Crippen LogP) is 0.905. The number of hydrogen-bond acceptors (Lipinski definition) is 5. The summed E-state index contributed by atoms with van der Waals surface area (Å²) in [4.78, 5) is 13.2. The molecule has 2 rings (SSSR count). The summed E-state index contributed by atoms with van der Waals surface area (Å²) in [7, 11) is 0. The molecule has 6 nitrogen and oxygen atoms in total. The lowest BCUT2D eigenvalue weighted by atomic mass is 10.2. The van der Waals surface area contributed by atoms with E-state index in [-0.39, 0.29) is 6.42 Å². The molecular formula is C12H16N4O2S. The zero-order valence-electron chi connectivity index (χ0n) is 10.6. The molecule has 0 saturated carbocycles. The molecule has 1 unspecified atom stereocenters. The van der Waals surface area contributed by atoms with Gasteiger partial charge in [0.1, 0.15) is 6.04 Å². The van der Waals surface area contributed by atoms with E-state index in [1.54, 1.807) is 22.2 Å². The first-order chi connectivity index (χ1) is 9.08. The Kier molecular flexibility index (Phi) is 4.28. The Morgan fingerprint density at radius 1 is 1.53 bits per heavy atom. The molecule has 102 valence electrons. The summed E-state index contributed by atoms with van der Waals surface area (Å²) in [5.74, 6) is -1.03. The van der Waals surface area contributed by atoms with E-state index in [0.29, 0.717) is 12.2 Å². The number of carbonyl (C=O) groups is 1. The Morgan fingerprint density at radius 2 is 2.26 bits per heavy atom. The minimum Gasteiger partial charge on any atom is -0.480 e. The predicted molar refractivity (Wildman–Crippen MR) is 72.1 cm³/mol. The van der Waals surface area contributed by atoms with Crippen LogP contribution in [0.5, 0.6) is 0 Å². The second-order valence-corrected chi connectivity index (χ2v) is 5.53. The van der Waals surface area contributed by atoms with Gasteiger partial charge in [-0.15, -0.1) is 16.4 Å². The molecule has 0 fully saturated rings. The van der Waals surface area contributed by atoms with Crippen LogP contribution in [-0.2, 0) is 24.2 Å². The van der Waals surface area contributed by atoms with E-state index >= 15 is 0 Å². The molecule has 19 heavy (non-hydrogen) atoms. The summed E-state index contributed by atoms with van der Waals surface area (Å²) in [6, 6.07) is 3.25. The summed E-state index contributed by atoms with van der Waals surface area (Å²) in [5.41, 5.74) is 6.06. The highest BCUT2D eigenvalue weighted by molar-refractivity contribution is 7.11. The van der Waals surface area contributed by atoms with Crippen LogP contribution in [0.1, 0.15) is 22.4 Å². The van der Waals surface area contributed by atoms with Crippen molar-refractivity contribution in [2.75, 3.05) is 0 Å². The van der Waals surface area contributed by atoms with Gasteiger partial charge in [-0.3, -0.25) is 4.79 Å². The van der Waals surface area contributed by atoms with E-state index in [4.69, 9.17) is 10.8 Å². The number of nitrogens with two attached hydrogens (primary N) is 1. The monoisotopic (exact) mass is 280 g/mol. The first kappa shape index (κ1) is 13.7. The lowest BCUT2D eigenvalue weighted by Crippen LogP contribution is -2.32. The SMILES string of the molecule is CCc1ccc(Cn2cc(CC(N)C(=O)O)nn2)s1. The summed E-state index contributed by atoms with van der Waals surface area (Å²) in [6.45, 7) is 2.77. The maximum Gasteiger partial charge on any atom is 0.320 e. The molecule has 2 aromatic rings. The third-order valence-corrected chi connectivity index (χ3v) is 3.93. The van der Waals surface area contributed by atoms with E-state index in [2.05, 4.69) is 29.4 Å². The molecule has 1 atom stereocenters. The number of rotatable bonds is 6. The van der Waals surface area contributed by atoms with Crippen molar-refractivity contribution in [3.63, 3.8) is 0 Å². The zero-order chi connectivity index (χ0) is 13.8. The molecular weight excluding hydrogens is 264 g/mol. The van der Waals surface area contributed by atoms with Gasteiger partial charge >= 0.3 is 5.97 Å². The molecule has 0 aliphatic carbocycles. The maximum atomic E-state index is 10.7. The van der Waals surface area contributed by atoms with Gasteiger partial charge in [0.05, 0.1) is 12.2 Å². The van der Waals surface area contributed by atoms with E-state index in [1.165, 1.54) is 9.75 Å². The van der Waals surface area contributed by atoms with Gasteiger partial charge in [0.25, 0.3) is 0 Å². The summed E-state index contributed by atoms with van der Waals surface area (Å²) in [5, 5.41) is 16.7. The van der Waals surface area contributed by atoms with Gasteiger partial charge in [-0.2, -0.15) is 0 Å². The van der Waals surface area contributed by atoms with Crippen molar-refractivity contribution in [1.82, 2.24) is 15.0 Å². The van der Waals surface area contributed by atoms with Crippen molar-refractivity contribution in [3.8, 4) is 0 Å². The second kappa shape index (κ2) is 5.94. The van der Waals surface area contributed by atoms with Gasteiger partial charge < -0.3 is 10.8 Å². The van der Waals surface area contributed by atoms with E-state index in [0.717, 1.165) is 6.42 Å². The molecule has 0 spiro atoms. The number of aromatic nitrogens is 3. The Bertz CT molecular complexity index is 564. The minimum absolute atomic E-state index is 0.194. The van der Waals surface area contributed by atoms with Gasteiger partial charge in [-0.25, -0.2) is 4.68 Å². The summed E-state index contributed by atoms with van der Waals surface area (Å²) >= 11 is 1.75. The van der Waals surface area contributed by atoms with E-state index < -0.39 is 12.0 Å². The summed E-state index contributed by atoms with van der Waals surface area (Å²) < 4.78 is 1.70. The van der Waals surface area contributed by atoms with Gasteiger partial charge in [0, 0.05) is 22.4 Å². The Labute approximate surface area is 114 Å². The fourth-order valence-electron chi connectivity index (χ4n) is 1.68. The topological polar surface area (TPSA) is 94.0 Å². The molecule has 3 N–H and O–H groups in total. The zero-order valence-corrected chi connectivity index (χ0v) is 11.4. The highest BCUT2D eigenvalue weighted by atomic mass is 32.1.